The molecule has 1 N–H and O–H groups in total. The minimum atomic E-state index is -0.0505. The maximum Gasteiger partial charge on any atom is 0.258 e. The molecule has 136 valence electrons. The number of aromatic nitrogens is 2. The van der Waals surface area contributed by atoms with Gasteiger partial charge in [0.1, 0.15) is 0 Å². The molecular formula is C19H21N3O2S2. The van der Waals surface area contributed by atoms with Gasteiger partial charge in [0.05, 0.1) is 11.4 Å². The maximum absolute atomic E-state index is 12.3. The molecule has 0 unspecified atom stereocenters. The van der Waals surface area contributed by atoms with E-state index in [2.05, 4.69) is 17.2 Å². The average molecular weight is 388 g/mol. The summed E-state index contributed by atoms with van der Waals surface area (Å²) in [5.74, 6) is 0.608. The monoisotopic (exact) mass is 387 g/mol. The van der Waals surface area contributed by atoms with E-state index in [0.29, 0.717) is 17.1 Å². The lowest BCUT2D eigenvalue weighted by Crippen LogP contribution is -2.14. The van der Waals surface area contributed by atoms with Gasteiger partial charge in [0.15, 0.2) is 4.96 Å². The molecule has 0 radical (unpaired) electrons. The second kappa shape index (κ2) is 8.51. The van der Waals surface area contributed by atoms with E-state index in [-0.39, 0.29) is 11.5 Å². The van der Waals surface area contributed by atoms with Crippen molar-refractivity contribution < 1.29 is 4.79 Å². The van der Waals surface area contributed by atoms with E-state index in [1.54, 1.807) is 22.2 Å². The lowest BCUT2D eigenvalue weighted by molar-refractivity contribution is -0.116. The van der Waals surface area contributed by atoms with Crippen LogP contribution in [0.1, 0.15) is 37.6 Å². The Balaban J connectivity index is 1.74. The minimum absolute atomic E-state index is 0.0340. The number of rotatable bonds is 7. The number of hydrogen-bond donors (Lipinski definition) is 1. The predicted molar refractivity (Wildman–Crippen MR) is 108 cm³/mol. The van der Waals surface area contributed by atoms with Crippen molar-refractivity contribution in [3.63, 3.8) is 0 Å². The molecule has 3 rings (SSSR count). The fourth-order valence-corrected chi connectivity index (χ4v) is 4.36. The van der Waals surface area contributed by atoms with Crippen LogP contribution in [0.4, 0.5) is 5.69 Å². The normalized spacial score (nSPS) is 11.0. The van der Waals surface area contributed by atoms with Gasteiger partial charge >= 0.3 is 0 Å². The summed E-state index contributed by atoms with van der Waals surface area (Å²) in [6, 6.07) is 9.31. The molecule has 0 aliphatic rings. The molecule has 0 bridgehead atoms. The summed E-state index contributed by atoms with van der Waals surface area (Å²) in [4.78, 5) is 30.5. The van der Waals surface area contributed by atoms with Gasteiger partial charge in [-0.25, -0.2) is 4.98 Å². The molecule has 0 aliphatic heterocycles. The van der Waals surface area contributed by atoms with Gasteiger partial charge in [-0.05, 0) is 25.5 Å². The van der Waals surface area contributed by atoms with Crippen molar-refractivity contribution in [3.8, 4) is 0 Å². The first-order valence-corrected chi connectivity index (χ1v) is 10.4. The topological polar surface area (TPSA) is 63.5 Å². The van der Waals surface area contributed by atoms with Gasteiger partial charge in [-0.3, -0.25) is 14.0 Å². The van der Waals surface area contributed by atoms with Gasteiger partial charge in [-0.15, -0.1) is 23.1 Å². The number of fused-ring (bicyclic) bond motifs is 1. The minimum Gasteiger partial charge on any atom is -0.325 e. The van der Waals surface area contributed by atoms with Crippen LogP contribution in [-0.4, -0.2) is 15.3 Å². The number of carbonyl (C=O) groups is 1. The number of amides is 1. The molecule has 2 aromatic heterocycles. The number of anilines is 1. The van der Waals surface area contributed by atoms with E-state index in [1.807, 2.05) is 36.6 Å². The quantitative estimate of drug-likeness (QED) is 0.607. The van der Waals surface area contributed by atoms with Crippen LogP contribution in [0.15, 0.2) is 45.4 Å². The van der Waals surface area contributed by atoms with Crippen molar-refractivity contribution >= 4 is 39.7 Å². The highest BCUT2D eigenvalue weighted by Crippen LogP contribution is 2.29. The summed E-state index contributed by atoms with van der Waals surface area (Å²) in [6.45, 7) is 3.97. The molecule has 0 spiro atoms. The number of unbranched alkanes of at least 4 members (excludes halogenated alkanes) is 1. The van der Waals surface area contributed by atoms with Gasteiger partial charge < -0.3 is 5.32 Å². The Morgan fingerprint density at radius 3 is 2.96 bits per heavy atom. The Labute approximate surface area is 160 Å². The fraction of sp³-hybridized carbons (Fsp3) is 0.316. The molecular weight excluding hydrogens is 366 g/mol. The van der Waals surface area contributed by atoms with Crippen molar-refractivity contribution in [2.75, 3.05) is 5.32 Å². The van der Waals surface area contributed by atoms with Crippen molar-refractivity contribution in [3.05, 3.63) is 57.5 Å². The summed E-state index contributed by atoms with van der Waals surface area (Å²) < 4.78 is 1.63. The molecule has 0 atom stereocenters. The number of thiazole rings is 1. The summed E-state index contributed by atoms with van der Waals surface area (Å²) in [7, 11) is 0. The summed E-state index contributed by atoms with van der Waals surface area (Å²) in [5.41, 5.74) is 2.41. The Morgan fingerprint density at radius 1 is 1.35 bits per heavy atom. The molecule has 0 aliphatic carbocycles. The van der Waals surface area contributed by atoms with Crippen molar-refractivity contribution in [2.24, 2.45) is 0 Å². The Bertz CT molecular complexity index is 978. The number of carbonyl (C=O) groups excluding carboxylic acids is 1. The number of nitrogens with one attached hydrogen (secondary N) is 1. The van der Waals surface area contributed by atoms with Crippen molar-refractivity contribution in [1.29, 1.82) is 0 Å². The second-order valence-corrected chi connectivity index (χ2v) is 7.87. The van der Waals surface area contributed by atoms with Gasteiger partial charge in [-0.1, -0.05) is 25.5 Å². The van der Waals surface area contributed by atoms with Gasteiger partial charge in [0.2, 0.25) is 5.91 Å². The summed E-state index contributed by atoms with van der Waals surface area (Å²) in [6.07, 6.45) is 2.41. The zero-order chi connectivity index (χ0) is 18.5. The third kappa shape index (κ3) is 4.34. The van der Waals surface area contributed by atoms with Crippen LogP contribution in [0.25, 0.3) is 4.96 Å². The van der Waals surface area contributed by atoms with Gasteiger partial charge in [0, 0.05) is 34.2 Å². The predicted octanol–water partition coefficient (Wildman–Crippen LogP) is 4.49. The number of para-hydroxylation sites is 1. The molecule has 7 heteroatoms. The Morgan fingerprint density at radius 2 is 2.15 bits per heavy atom. The molecule has 0 saturated carbocycles. The number of aryl methyl sites for hydroxylation is 1. The molecule has 5 nitrogen and oxygen atoms in total. The zero-order valence-electron chi connectivity index (χ0n) is 14.8. The Kier molecular flexibility index (Phi) is 6.11. The molecule has 1 amide bonds. The first-order chi connectivity index (χ1) is 12.6. The van der Waals surface area contributed by atoms with Crippen LogP contribution in [-0.2, 0) is 10.5 Å². The van der Waals surface area contributed by atoms with E-state index in [4.69, 9.17) is 0 Å². The molecule has 3 aromatic rings. The van der Waals surface area contributed by atoms with E-state index in [9.17, 15) is 9.59 Å². The van der Waals surface area contributed by atoms with E-state index >= 15 is 0 Å². The van der Waals surface area contributed by atoms with Crippen LogP contribution in [0.2, 0.25) is 0 Å². The van der Waals surface area contributed by atoms with Crippen LogP contribution in [0, 0.1) is 6.92 Å². The van der Waals surface area contributed by atoms with E-state index in [0.717, 1.165) is 34.8 Å². The maximum atomic E-state index is 12.3. The summed E-state index contributed by atoms with van der Waals surface area (Å²) >= 11 is 3.04. The second-order valence-electron chi connectivity index (χ2n) is 6.02. The van der Waals surface area contributed by atoms with Gasteiger partial charge in [0.25, 0.3) is 5.56 Å². The highest BCUT2D eigenvalue weighted by Gasteiger charge is 2.10. The Hall–Kier alpha value is -2.12. The first-order valence-electron chi connectivity index (χ1n) is 8.57. The van der Waals surface area contributed by atoms with Crippen LogP contribution >= 0.6 is 23.1 Å². The van der Waals surface area contributed by atoms with Crippen LogP contribution in [0.3, 0.4) is 0 Å². The molecule has 0 saturated heterocycles. The van der Waals surface area contributed by atoms with E-state index in [1.165, 1.54) is 11.3 Å². The van der Waals surface area contributed by atoms with Gasteiger partial charge in [-0.2, -0.15) is 0 Å². The molecule has 1 aromatic carbocycles. The first kappa shape index (κ1) is 18.7. The smallest absolute Gasteiger partial charge is 0.258 e. The third-order valence-electron chi connectivity index (χ3n) is 3.92. The number of thioether (sulfide) groups is 1. The number of hydrogen-bond acceptors (Lipinski definition) is 5. The van der Waals surface area contributed by atoms with Crippen LogP contribution < -0.4 is 10.9 Å². The molecule has 0 fully saturated rings. The number of benzene rings is 1. The zero-order valence-corrected chi connectivity index (χ0v) is 16.5. The SMILES string of the molecule is CCCCC(=O)Nc1ccccc1SCc1cc(=O)n2c(C)csc2n1. The van der Waals surface area contributed by atoms with E-state index < -0.39 is 0 Å². The van der Waals surface area contributed by atoms with Crippen molar-refractivity contribution in [1.82, 2.24) is 9.38 Å². The fourth-order valence-electron chi connectivity index (χ4n) is 2.57. The lowest BCUT2D eigenvalue weighted by Gasteiger charge is -2.10. The molecule has 2 heterocycles. The lowest BCUT2D eigenvalue weighted by atomic mass is 10.2. The third-order valence-corrected chi connectivity index (χ3v) is 5.97. The highest BCUT2D eigenvalue weighted by atomic mass is 32.2. The van der Waals surface area contributed by atoms with Crippen molar-refractivity contribution in [2.45, 2.75) is 43.8 Å². The highest BCUT2D eigenvalue weighted by molar-refractivity contribution is 7.98. The standard InChI is InChI=1S/C19H21N3O2S2/c1-3-4-9-17(23)21-15-7-5-6-8-16(15)25-12-14-10-18(24)22-13(2)11-26-19(22)20-14/h5-8,10-11H,3-4,9,12H2,1-2H3,(H,21,23). The average Bonchev–Trinajstić information content (AvgIpc) is 3.00. The van der Waals surface area contributed by atoms with Crippen LogP contribution in [0.5, 0.6) is 0 Å². The molecule has 26 heavy (non-hydrogen) atoms. The summed E-state index contributed by atoms with van der Waals surface area (Å²) in [5, 5.41) is 4.91. The number of nitrogens with zero attached hydrogens (tertiary/aromatic N) is 2. The largest absolute Gasteiger partial charge is 0.325 e.